The van der Waals surface area contributed by atoms with Gasteiger partial charge in [0.05, 0.1) is 5.69 Å². The third-order valence-electron chi connectivity index (χ3n) is 4.11. The van der Waals surface area contributed by atoms with Gasteiger partial charge in [0.2, 0.25) is 0 Å². The summed E-state index contributed by atoms with van der Waals surface area (Å²) in [5, 5.41) is 0. The topological polar surface area (TPSA) is 49.8 Å². The van der Waals surface area contributed by atoms with Crippen LogP contribution in [0.5, 0.6) is 0 Å². The SMILES string of the molecule is CN1CCN(CCc2cn3cccc(CN)c3n2)CC1. The smallest absolute Gasteiger partial charge is 0.141 e. The van der Waals surface area contributed by atoms with Gasteiger partial charge in [-0.15, -0.1) is 0 Å². The van der Waals surface area contributed by atoms with Crippen LogP contribution in [0, 0.1) is 0 Å². The van der Waals surface area contributed by atoms with E-state index in [2.05, 4.69) is 27.4 Å². The van der Waals surface area contributed by atoms with Crippen molar-refractivity contribution >= 4 is 5.65 Å². The molecular weight excluding hydrogens is 250 g/mol. The van der Waals surface area contributed by atoms with E-state index >= 15 is 0 Å². The fraction of sp³-hybridized carbons (Fsp3) is 0.533. The van der Waals surface area contributed by atoms with Crippen LogP contribution in [0.2, 0.25) is 0 Å². The van der Waals surface area contributed by atoms with E-state index in [1.54, 1.807) is 0 Å². The van der Waals surface area contributed by atoms with E-state index in [0.29, 0.717) is 6.54 Å². The molecule has 0 amide bonds. The molecule has 0 aromatic carbocycles. The zero-order valence-corrected chi connectivity index (χ0v) is 12.1. The molecule has 1 aliphatic rings. The minimum absolute atomic E-state index is 0.541. The van der Waals surface area contributed by atoms with Crippen LogP contribution >= 0.6 is 0 Å². The number of aromatic nitrogens is 2. The molecule has 1 fully saturated rings. The van der Waals surface area contributed by atoms with Gasteiger partial charge >= 0.3 is 0 Å². The summed E-state index contributed by atoms with van der Waals surface area (Å²) in [5.74, 6) is 0. The number of imidazole rings is 1. The minimum atomic E-state index is 0.541. The summed E-state index contributed by atoms with van der Waals surface area (Å²) in [6, 6.07) is 4.08. The Balaban J connectivity index is 1.66. The summed E-state index contributed by atoms with van der Waals surface area (Å²) in [6.45, 7) is 6.30. The Labute approximate surface area is 120 Å². The number of hydrogen-bond donors (Lipinski definition) is 1. The standard InChI is InChI=1S/C15H23N5/c1-18-7-9-19(10-8-18)6-4-14-12-20-5-2-3-13(11-16)15(20)17-14/h2-3,5,12H,4,6-11,16H2,1H3. The molecule has 0 saturated carbocycles. The minimum Gasteiger partial charge on any atom is -0.326 e. The molecule has 0 radical (unpaired) electrons. The monoisotopic (exact) mass is 273 g/mol. The average Bonchev–Trinajstić information content (AvgIpc) is 2.89. The van der Waals surface area contributed by atoms with Crippen LogP contribution in [-0.4, -0.2) is 59.0 Å². The molecule has 1 aliphatic heterocycles. The van der Waals surface area contributed by atoms with Gasteiger partial charge in [0, 0.05) is 63.6 Å². The maximum absolute atomic E-state index is 5.76. The fourth-order valence-electron chi connectivity index (χ4n) is 2.75. The Morgan fingerprint density at radius 3 is 2.80 bits per heavy atom. The van der Waals surface area contributed by atoms with Gasteiger partial charge in [-0.2, -0.15) is 0 Å². The third-order valence-corrected chi connectivity index (χ3v) is 4.11. The summed E-state index contributed by atoms with van der Waals surface area (Å²) < 4.78 is 2.08. The molecule has 2 aromatic rings. The Hall–Kier alpha value is -1.43. The summed E-state index contributed by atoms with van der Waals surface area (Å²) in [4.78, 5) is 9.63. The highest BCUT2D eigenvalue weighted by atomic mass is 15.2. The number of hydrogen-bond acceptors (Lipinski definition) is 4. The van der Waals surface area contributed by atoms with Gasteiger partial charge in [0.15, 0.2) is 0 Å². The molecule has 2 N–H and O–H groups in total. The van der Waals surface area contributed by atoms with Crippen molar-refractivity contribution in [1.29, 1.82) is 0 Å². The lowest BCUT2D eigenvalue weighted by Crippen LogP contribution is -2.45. The van der Waals surface area contributed by atoms with E-state index in [-0.39, 0.29) is 0 Å². The van der Waals surface area contributed by atoms with Crippen LogP contribution in [0.1, 0.15) is 11.3 Å². The van der Waals surface area contributed by atoms with E-state index < -0.39 is 0 Å². The highest BCUT2D eigenvalue weighted by Gasteiger charge is 2.14. The number of rotatable bonds is 4. The van der Waals surface area contributed by atoms with E-state index in [0.717, 1.165) is 43.0 Å². The van der Waals surface area contributed by atoms with Crippen LogP contribution in [0.3, 0.4) is 0 Å². The molecule has 0 bridgehead atoms. The molecule has 3 heterocycles. The van der Waals surface area contributed by atoms with Gasteiger partial charge in [-0.05, 0) is 13.1 Å². The summed E-state index contributed by atoms with van der Waals surface area (Å²) in [5.41, 5.74) is 9.03. The molecule has 0 unspecified atom stereocenters. The highest BCUT2D eigenvalue weighted by Crippen LogP contribution is 2.11. The Morgan fingerprint density at radius 2 is 2.05 bits per heavy atom. The zero-order chi connectivity index (χ0) is 13.9. The van der Waals surface area contributed by atoms with Crippen LogP contribution in [0.15, 0.2) is 24.5 Å². The zero-order valence-electron chi connectivity index (χ0n) is 12.1. The van der Waals surface area contributed by atoms with E-state index in [1.165, 1.54) is 13.1 Å². The first-order valence-corrected chi connectivity index (χ1v) is 7.32. The normalized spacial score (nSPS) is 17.9. The lowest BCUT2D eigenvalue weighted by atomic mass is 10.2. The third kappa shape index (κ3) is 2.85. The van der Waals surface area contributed by atoms with Gasteiger partial charge < -0.3 is 19.9 Å². The predicted molar refractivity (Wildman–Crippen MR) is 80.7 cm³/mol. The Kier molecular flexibility index (Phi) is 4.00. The summed E-state index contributed by atoms with van der Waals surface area (Å²) in [6.07, 6.45) is 5.18. The Bertz CT molecular complexity index is 569. The quantitative estimate of drug-likeness (QED) is 0.885. The lowest BCUT2D eigenvalue weighted by molar-refractivity contribution is 0.155. The van der Waals surface area contributed by atoms with Gasteiger partial charge in [0.25, 0.3) is 0 Å². The van der Waals surface area contributed by atoms with E-state index in [4.69, 9.17) is 10.7 Å². The number of likely N-dealkylation sites (N-methyl/N-ethyl adjacent to an activating group) is 1. The number of nitrogens with two attached hydrogens (primary N) is 1. The molecule has 0 atom stereocenters. The van der Waals surface area contributed by atoms with Crippen molar-refractivity contribution < 1.29 is 0 Å². The molecule has 5 heteroatoms. The molecule has 20 heavy (non-hydrogen) atoms. The summed E-state index contributed by atoms with van der Waals surface area (Å²) >= 11 is 0. The first kappa shape index (κ1) is 13.5. The average molecular weight is 273 g/mol. The van der Waals surface area contributed by atoms with Crippen LogP contribution in [-0.2, 0) is 13.0 Å². The van der Waals surface area contributed by atoms with E-state index in [9.17, 15) is 0 Å². The largest absolute Gasteiger partial charge is 0.326 e. The van der Waals surface area contributed by atoms with Crippen LogP contribution in [0.4, 0.5) is 0 Å². The number of piperazine rings is 1. The number of fused-ring (bicyclic) bond motifs is 1. The van der Waals surface area contributed by atoms with Gasteiger partial charge in [-0.3, -0.25) is 0 Å². The second kappa shape index (κ2) is 5.91. The molecule has 0 spiro atoms. The molecule has 5 nitrogen and oxygen atoms in total. The van der Waals surface area contributed by atoms with Crippen molar-refractivity contribution in [3.8, 4) is 0 Å². The second-order valence-electron chi connectivity index (χ2n) is 5.60. The predicted octanol–water partition coefficient (Wildman–Crippen LogP) is 0.583. The fourth-order valence-corrected chi connectivity index (χ4v) is 2.75. The van der Waals surface area contributed by atoms with Crippen LogP contribution < -0.4 is 5.73 Å². The first-order chi connectivity index (χ1) is 9.76. The summed E-state index contributed by atoms with van der Waals surface area (Å²) in [7, 11) is 2.19. The molecular formula is C15H23N5. The van der Waals surface area contributed by atoms with Crippen molar-refractivity contribution in [2.24, 2.45) is 5.73 Å². The van der Waals surface area contributed by atoms with Gasteiger partial charge in [-0.1, -0.05) is 6.07 Å². The van der Waals surface area contributed by atoms with Crippen molar-refractivity contribution in [2.45, 2.75) is 13.0 Å². The van der Waals surface area contributed by atoms with Crippen molar-refractivity contribution in [3.63, 3.8) is 0 Å². The second-order valence-corrected chi connectivity index (χ2v) is 5.60. The lowest BCUT2D eigenvalue weighted by Gasteiger charge is -2.32. The van der Waals surface area contributed by atoms with Crippen molar-refractivity contribution in [1.82, 2.24) is 19.2 Å². The molecule has 1 saturated heterocycles. The number of nitrogens with zero attached hydrogens (tertiary/aromatic N) is 4. The Morgan fingerprint density at radius 1 is 1.25 bits per heavy atom. The molecule has 0 aliphatic carbocycles. The molecule has 3 rings (SSSR count). The molecule has 2 aromatic heterocycles. The maximum Gasteiger partial charge on any atom is 0.141 e. The highest BCUT2D eigenvalue weighted by molar-refractivity contribution is 5.48. The molecule has 108 valence electrons. The van der Waals surface area contributed by atoms with Crippen molar-refractivity contribution in [3.05, 3.63) is 35.8 Å². The van der Waals surface area contributed by atoms with Crippen LogP contribution in [0.25, 0.3) is 5.65 Å². The van der Waals surface area contributed by atoms with Crippen molar-refractivity contribution in [2.75, 3.05) is 39.8 Å². The van der Waals surface area contributed by atoms with Gasteiger partial charge in [0.1, 0.15) is 5.65 Å². The first-order valence-electron chi connectivity index (χ1n) is 7.32. The van der Waals surface area contributed by atoms with E-state index in [1.807, 2.05) is 18.3 Å². The number of pyridine rings is 1. The maximum atomic E-state index is 5.76. The van der Waals surface area contributed by atoms with Gasteiger partial charge in [-0.25, -0.2) is 4.98 Å².